The van der Waals surface area contributed by atoms with Crippen LogP contribution >= 0.6 is 0 Å². The highest BCUT2D eigenvalue weighted by molar-refractivity contribution is 5.94. The fraction of sp³-hybridized carbons (Fsp3) is 0.429. The summed E-state index contributed by atoms with van der Waals surface area (Å²) in [7, 11) is 0. The first-order valence-corrected chi connectivity index (χ1v) is 12.3. The molecule has 34 heavy (non-hydrogen) atoms. The van der Waals surface area contributed by atoms with Crippen LogP contribution in [0.5, 0.6) is 5.75 Å². The van der Waals surface area contributed by atoms with E-state index < -0.39 is 0 Å². The van der Waals surface area contributed by atoms with Crippen molar-refractivity contribution in [3.05, 3.63) is 82.2 Å². The molecule has 2 N–H and O–H groups in total. The summed E-state index contributed by atoms with van der Waals surface area (Å²) in [5.74, 6) is 1.21. The molecule has 0 saturated heterocycles. The van der Waals surface area contributed by atoms with Gasteiger partial charge in [-0.05, 0) is 73.0 Å². The van der Waals surface area contributed by atoms with Gasteiger partial charge in [0.15, 0.2) is 0 Å². The molecule has 180 valence electrons. The molecule has 0 unspecified atom stereocenters. The topological polar surface area (TPSA) is 76.4 Å². The molecule has 2 heterocycles. The molecule has 4 rings (SSSR count). The SMILES string of the molecule is CC(C)Cc1nocc1CNC(=O)c1ccc2c(c1)Cc1cccc(c1)CNCCCCCO2. The second-order valence-corrected chi connectivity index (χ2v) is 9.47. The lowest BCUT2D eigenvalue weighted by Gasteiger charge is -2.15. The molecule has 0 atom stereocenters. The molecule has 0 fully saturated rings. The Balaban J connectivity index is 1.51. The standard InChI is InChI=1S/C28H35N3O3/c1-20(2)13-26-25(19-34-31-26)18-30-28(32)23-9-10-27-24(16-23)15-21-7-6-8-22(14-21)17-29-11-4-3-5-12-33-27/h6-10,14,16,19-20,29H,3-5,11-13,15,17-18H2,1-2H3,(H,30,32). The minimum atomic E-state index is -0.114. The molecule has 1 aliphatic rings. The number of ether oxygens (including phenoxy) is 1. The summed E-state index contributed by atoms with van der Waals surface area (Å²) >= 11 is 0. The molecule has 2 aromatic carbocycles. The van der Waals surface area contributed by atoms with Crippen molar-refractivity contribution < 1.29 is 14.1 Å². The van der Waals surface area contributed by atoms with Gasteiger partial charge in [0.05, 0.1) is 12.3 Å². The van der Waals surface area contributed by atoms with E-state index in [1.165, 1.54) is 11.1 Å². The average molecular weight is 462 g/mol. The van der Waals surface area contributed by atoms with Crippen LogP contribution in [0, 0.1) is 5.92 Å². The first-order chi connectivity index (χ1) is 16.6. The number of rotatable bonds is 5. The van der Waals surface area contributed by atoms with Crippen molar-refractivity contribution in [1.82, 2.24) is 15.8 Å². The predicted molar refractivity (Wildman–Crippen MR) is 133 cm³/mol. The summed E-state index contributed by atoms with van der Waals surface area (Å²) < 4.78 is 11.3. The number of carbonyl (C=O) groups excluding carboxylic acids is 1. The highest BCUT2D eigenvalue weighted by Gasteiger charge is 2.15. The Labute approximate surface area is 202 Å². The van der Waals surface area contributed by atoms with Gasteiger partial charge in [-0.25, -0.2) is 0 Å². The number of hydrogen-bond acceptors (Lipinski definition) is 5. The number of hydrogen-bond donors (Lipinski definition) is 2. The largest absolute Gasteiger partial charge is 0.493 e. The van der Waals surface area contributed by atoms with Crippen LogP contribution in [0.2, 0.25) is 0 Å². The van der Waals surface area contributed by atoms with E-state index in [0.29, 0.717) is 31.1 Å². The first kappa shape index (κ1) is 24.0. The van der Waals surface area contributed by atoms with E-state index >= 15 is 0 Å². The zero-order valence-corrected chi connectivity index (χ0v) is 20.2. The van der Waals surface area contributed by atoms with E-state index in [1.807, 2.05) is 18.2 Å². The van der Waals surface area contributed by atoms with Crippen LogP contribution in [0.25, 0.3) is 0 Å². The minimum Gasteiger partial charge on any atom is -0.493 e. The van der Waals surface area contributed by atoms with Gasteiger partial charge < -0.3 is 19.9 Å². The lowest BCUT2D eigenvalue weighted by Crippen LogP contribution is -2.23. The number of aromatic nitrogens is 1. The van der Waals surface area contributed by atoms with Crippen molar-refractivity contribution in [1.29, 1.82) is 0 Å². The summed E-state index contributed by atoms with van der Waals surface area (Å²) in [5, 5.41) is 10.6. The van der Waals surface area contributed by atoms with Crippen LogP contribution < -0.4 is 15.4 Å². The lowest BCUT2D eigenvalue weighted by atomic mass is 9.99. The van der Waals surface area contributed by atoms with Crippen LogP contribution in [-0.2, 0) is 25.9 Å². The van der Waals surface area contributed by atoms with Crippen LogP contribution in [0.4, 0.5) is 0 Å². The van der Waals surface area contributed by atoms with Gasteiger partial charge in [0.2, 0.25) is 0 Å². The number of amides is 1. The van der Waals surface area contributed by atoms with E-state index in [4.69, 9.17) is 9.26 Å². The number of carbonyl (C=O) groups is 1. The first-order valence-electron chi connectivity index (χ1n) is 12.3. The van der Waals surface area contributed by atoms with Gasteiger partial charge >= 0.3 is 0 Å². The Morgan fingerprint density at radius 2 is 2.00 bits per heavy atom. The maximum atomic E-state index is 13.0. The highest BCUT2D eigenvalue weighted by atomic mass is 16.5. The summed E-state index contributed by atoms with van der Waals surface area (Å²) in [6.45, 7) is 7.26. The molecule has 0 aliphatic carbocycles. The monoisotopic (exact) mass is 461 g/mol. The van der Waals surface area contributed by atoms with E-state index in [1.54, 1.807) is 6.26 Å². The Bertz CT molecular complexity index is 1090. The van der Waals surface area contributed by atoms with Crippen molar-refractivity contribution in [3.8, 4) is 5.75 Å². The molecule has 2 bridgehead atoms. The maximum Gasteiger partial charge on any atom is 0.251 e. The molecule has 1 amide bonds. The summed E-state index contributed by atoms with van der Waals surface area (Å²) in [5.41, 5.74) is 5.97. The molecular weight excluding hydrogens is 426 g/mol. The second-order valence-electron chi connectivity index (χ2n) is 9.47. The maximum absolute atomic E-state index is 13.0. The third-order valence-electron chi connectivity index (χ3n) is 6.06. The van der Waals surface area contributed by atoms with Gasteiger partial charge in [0, 0.05) is 30.6 Å². The van der Waals surface area contributed by atoms with Gasteiger partial charge in [-0.15, -0.1) is 0 Å². The quantitative estimate of drug-likeness (QED) is 0.556. The third-order valence-corrected chi connectivity index (χ3v) is 6.06. The Morgan fingerprint density at radius 1 is 1.12 bits per heavy atom. The van der Waals surface area contributed by atoms with Crippen molar-refractivity contribution >= 4 is 5.91 Å². The molecule has 3 aromatic rings. The fourth-order valence-electron chi connectivity index (χ4n) is 4.27. The molecule has 0 saturated carbocycles. The van der Waals surface area contributed by atoms with E-state index in [-0.39, 0.29) is 5.91 Å². The Kier molecular flexibility index (Phi) is 8.36. The van der Waals surface area contributed by atoms with E-state index in [0.717, 1.165) is 61.3 Å². The predicted octanol–water partition coefficient (Wildman–Crippen LogP) is 5.05. The molecule has 6 nitrogen and oxygen atoms in total. The number of nitrogens with zero attached hydrogens (tertiary/aromatic N) is 1. The number of nitrogens with one attached hydrogen (secondary N) is 2. The summed E-state index contributed by atoms with van der Waals surface area (Å²) in [4.78, 5) is 13.0. The lowest BCUT2D eigenvalue weighted by molar-refractivity contribution is 0.0950. The van der Waals surface area contributed by atoms with Crippen LogP contribution in [0.1, 0.15) is 71.4 Å². The van der Waals surface area contributed by atoms with Gasteiger partial charge in [-0.3, -0.25) is 4.79 Å². The van der Waals surface area contributed by atoms with Crippen molar-refractivity contribution in [2.45, 2.75) is 59.0 Å². The number of benzene rings is 2. The molecule has 0 radical (unpaired) electrons. The molecule has 6 heteroatoms. The van der Waals surface area contributed by atoms with Crippen LogP contribution in [-0.4, -0.2) is 24.2 Å². The number of fused-ring (bicyclic) bond motifs is 3. The van der Waals surface area contributed by atoms with Crippen molar-refractivity contribution in [2.24, 2.45) is 5.92 Å². The van der Waals surface area contributed by atoms with Gasteiger partial charge in [0.1, 0.15) is 12.0 Å². The second kappa shape index (κ2) is 11.8. The highest BCUT2D eigenvalue weighted by Crippen LogP contribution is 2.25. The summed E-state index contributed by atoms with van der Waals surface area (Å²) in [6.07, 6.45) is 6.45. The Morgan fingerprint density at radius 3 is 2.88 bits per heavy atom. The molecule has 1 aromatic heterocycles. The third kappa shape index (κ3) is 6.70. The zero-order valence-electron chi connectivity index (χ0n) is 20.2. The van der Waals surface area contributed by atoms with Crippen molar-refractivity contribution in [3.63, 3.8) is 0 Å². The minimum absolute atomic E-state index is 0.114. The zero-order chi connectivity index (χ0) is 23.8. The van der Waals surface area contributed by atoms with Crippen LogP contribution in [0.3, 0.4) is 0 Å². The van der Waals surface area contributed by atoms with Crippen molar-refractivity contribution in [2.75, 3.05) is 13.2 Å². The molecule has 0 spiro atoms. The summed E-state index contributed by atoms with van der Waals surface area (Å²) in [6, 6.07) is 14.4. The van der Waals surface area contributed by atoms with Gasteiger partial charge in [0.25, 0.3) is 5.91 Å². The van der Waals surface area contributed by atoms with E-state index in [9.17, 15) is 4.79 Å². The smallest absolute Gasteiger partial charge is 0.251 e. The van der Waals surface area contributed by atoms with E-state index in [2.05, 4.69) is 53.9 Å². The molecular formula is C28H35N3O3. The normalized spacial score (nSPS) is 14.7. The average Bonchev–Trinajstić information content (AvgIpc) is 3.26. The van der Waals surface area contributed by atoms with Gasteiger partial charge in [-0.1, -0.05) is 43.3 Å². The Hall–Kier alpha value is -3.12. The van der Waals surface area contributed by atoms with Crippen LogP contribution in [0.15, 0.2) is 53.3 Å². The fourth-order valence-corrected chi connectivity index (χ4v) is 4.27. The molecule has 1 aliphatic heterocycles. The van der Waals surface area contributed by atoms with Gasteiger partial charge in [-0.2, -0.15) is 0 Å².